The highest BCUT2D eigenvalue weighted by molar-refractivity contribution is 5.99. The van der Waals surface area contributed by atoms with Crippen molar-refractivity contribution < 1.29 is 14.3 Å². The molecule has 0 radical (unpaired) electrons. The van der Waals surface area contributed by atoms with Crippen LogP contribution < -0.4 is 0 Å². The maximum Gasteiger partial charge on any atom is 0.254 e. The summed E-state index contributed by atoms with van der Waals surface area (Å²) in [6, 6.07) is 7.12. The van der Waals surface area contributed by atoms with Gasteiger partial charge in [-0.15, -0.1) is 0 Å². The van der Waals surface area contributed by atoms with E-state index < -0.39 is 0 Å². The van der Waals surface area contributed by atoms with Gasteiger partial charge in [0, 0.05) is 37.3 Å². The molecular formula is C18H24N2O3. The maximum atomic E-state index is 12.6. The highest BCUT2D eigenvalue weighted by atomic mass is 16.5. The van der Waals surface area contributed by atoms with Gasteiger partial charge in [0.05, 0.1) is 13.2 Å². The van der Waals surface area contributed by atoms with Gasteiger partial charge >= 0.3 is 0 Å². The molecule has 23 heavy (non-hydrogen) atoms. The highest BCUT2D eigenvalue weighted by Crippen LogP contribution is 2.19. The largest absolute Gasteiger partial charge is 0.378 e. The van der Waals surface area contributed by atoms with E-state index in [0.717, 1.165) is 25.9 Å². The van der Waals surface area contributed by atoms with Gasteiger partial charge in [-0.3, -0.25) is 9.59 Å². The summed E-state index contributed by atoms with van der Waals surface area (Å²) in [7, 11) is 0. The monoisotopic (exact) mass is 316 g/mol. The Balaban J connectivity index is 1.71. The first-order valence-corrected chi connectivity index (χ1v) is 8.41. The van der Waals surface area contributed by atoms with Crippen molar-refractivity contribution in [3.8, 4) is 0 Å². The lowest BCUT2D eigenvalue weighted by atomic mass is 9.98. The van der Waals surface area contributed by atoms with E-state index in [1.54, 1.807) is 29.2 Å². The van der Waals surface area contributed by atoms with Crippen LogP contribution in [0.25, 0.3) is 0 Å². The van der Waals surface area contributed by atoms with Gasteiger partial charge in [0.25, 0.3) is 11.8 Å². The van der Waals surface area contributed by atoms with Gasteiger partial charge in [-0.05, 0) is 37.0 Å². The van der Waals surface area contributed by atoms with Gasteiger partial charge in [0.15, 0.2) is 0 Å². The molecule has 1 aromatic carbocycles. The van der Waals surface area contributed by atoms with Crippen LogP contribution in [-0.2, 0) is 4.74 Å². The zero-order chi connectivity index (χ0) is 16.2. The minimum Gasteiger partial charge on any atom is -0.378 e. The average Bonchev–Trinajstić information content (AvgIpc) is 2.62. The van der Waals surface area contributed by atoms with Crippen LogP contribution in [0, 0.1) is 5.92 Å². The smallest absolute Gasteiger partial charge is 0.254 e. The number of carbonyl (C=O) groups excluding carboxylic acids is 2. The molecule has 2 amide bonds. The first-order valence-electron chi connectivity index (χ1n) is 8.41. The van der Waals surface area contributed by atoms with Gasteiger partial charge in [-0.25, -0.2) is 0 Å². The number of amides is 2. The summed E-state index contributed by atoms with van der Waals surface area (Å²) in [6.07, 6.45) is 2.11. The number of likely N-dealkylation sites (tertiary alicyclic amines) is 1. The molecule has 2 fully saturated rings. The summed E-state index contributed by atoms with van der Waals surface area (Å²) in [5.74, 6) is 0.706. The fraction of sp³-hybridized carbons (Fsp3) is 0.556. The molecule has 5 nitrogen and oxygen atoms in total. The lowest BCUT2D eigenvalue weighted by Gasteiger charge is -2.30. The first-order chi connectivity index (χ1) is 11.1. The Morgan fingerprint density at radius 1 is 0.957 bits per heavy atom. The van der Waals surface area contributed by atoms with Crippen LogP contribution in [0.1, 0.15) is 40.5 Å². The quantitative estimate of drug-likeness (QED) is 0.839. The van der Waals surface area contributed by atoms with Gasteiger partial charge in [-0.1, -0.05) is 13.0 Å². The fourth-order valence-corrected chi connectivity index (χ4v) is 3.13. The van der Waals surface area contributed by atoms with Crippen molar-refractivity contribution in [3.63, 3.8) is 0 Å². The normalized spacial score (nSPS) is 19.7. The van der Waals surface area contributed by atoms with Crippen molar-refractivity contribution in [2.45, 2.75) is 19.8 Å². The molecule has 0 saturated carbocycles. The van der Waals surface area contributed by atoms with Crippen molar-refractivity contribution in [1.29, 1.82) is 0 Å². The molecule has 0 N–H and O–H groups in total. The zero-order valence-electron chi connectivity index (χ0n) is 13.7. The Bertz CT molecular complexity index is 573. The molecule has 2 aliphatic heterocycles. The van der Waals surface area contributed by atoms with Gasteiger partial charge in [0.1, 0.15) is 0 Å². The first kappa shape index (κ1) is 16.0. The van der Waals surface area contributed by atoms with E-state index in [0.29, 0.717) is 43.3 Å². The molecule has 0 bridgehead atoms. The predicted molar refractivity (Wildman–Crippen MR) is 87.5 cm³/mol. The average molecular weight is 316 g/mol. The minimum absolute atomic E-state index is 0.0183. The summed E-state index contributed by atoms with van der Waals surface area (Å²) < 4.78 is 5.28. The molecule has 0 atom stereocenters. The Labute approximate surface area is 137 Å². The molecular weight excluding hydrogens is 292 g/mol. The van der Waals surface area contributed by atoms with E-state index in [2.05, 4.69) is 6.92 Å². The Morgan fingerprint density at radius 3 is 2.04 bits per heavy atom. The summed E-state index contributed by atoms with van der Waals surface area (Å²) in [5.41, 5.74) is 1.20. The number of rotatable bonds is 2. The molecule has 1 aromatic rings. The Kier molecular flexibility index (Phi) is 4.96. The van der Waals surface area contributed by atoms with Crippen molar-refractivity contribution in [1.82, 2.24) is 9.80 Å². The number of morpholine rings is 1. The molecule has 2 saturated heterocycles. The summed E-state index contributed by atoms with van der Waals surface area (Å²) in [5, 5.41) is 0. The molecule has 0 unspecified atom stereocenters. The third-order valence-electron chi connectivity index (χ3n) is 4.73. The second-order valence-electron chi connectivity index (χ2n) is 6.46. The number of nitrogens with zero attached hydrogens (tertiary/aromatic N) is 2. The van der Waals surface area contributed by atoms with E-state index in [9.17, 15) is 9.59 Å². The molecule has 0 aromatic heterocycles. The van der Waals surface area contributed by atoms with Crippen LogP contribution in [0.4, 0.5) is 0 Å². The van der Waals surface area contributed by atoms with Crippen LogP contribution in [0.5, 0.6) is 0 Å². The number of carbonyl (C=O) groups is 2. The van der Waals surface area contributed by atoms with Gasteiger partial charge in [0.2, 0.25) is 0 Å². The number of hydrogen-bond donors (Lipinski definition) is 0. The van der Waals surface area contributed by atoms with E-state index in [1.165, 1.54) is 0 Å². The number of ether oxygens (including phenoxy) is 1. The van der Waals surface area contributed by atoms with Crippen molar-refractivity contribution in [2.24, 2.45) is 5.92 Å². The third kappa shape index (κ3) is 3.72. The van der Waals surface area contributed by atoms with Gasteiger partial charge < -0.3 is 14.5 Å². The lowest BCUT2D eigenvalue weighted by molar-refractivity contribution is 0.0303. The van der Waals surface area contributed by atoms with Crippen LogP contribution in [0.2, 0.25) is 0 Å². The lowest BCUT2D eigenvalue weighted by Crippen LogP contribution is -2.41. The second kappa shape index (κ2) is 7.13. The number of hydrogen-bond acceptors (Lipinski definition) is 3. The van der Waals surface area contributed by atoms with E-state index in [-0.39, 0.29) is 11.8 Å². The Morgan fingerprint density at radius 2 is 1.48 bits per heavy atom. The number of benzene rings is 1. The van der Waals surface area contributed by atoms with Crippen LogP contribution in [0.15, 0.2) is 24.3 Å². The van der Waals surface area contributed by atoms with Crippen LogP contribution >= 0.6 is 0 Å². The minimum atomic E-state index is -0.0183. The SMILES string of the molecule is CC1CCN(C(=O)c2cccc(C(=O)N3CCOCC3)c2)CC1. The van der Waals surface area contributed by atoms with E-state index >= 15 is 0 Å². The predicted octanol–water partition coefficient (Wildman–Crippen LogP) is 2.03. The molecule has 124 valence electrons. The van der Waals surface area contributed by atoms with Crippen LogP contribution in [0.3, 0.4) is 0 Å². The van der Waals surface area contributed by atoms with Crippen molar-refractivity contribution in [3.05, 3.63) is 35.4 Å². The van der Waals surface area contributed by atoms with E-state index in [4.69, 9.17) is 4.74 Å². The Hall–Kier alpha value is -1.88. The summed E-state index contributed by atoms with van der Waals surface area (Å²) in [4.78, 5) is 28.9. The molecule has 5 heteroatoms. The topological polar surface area (TPSA) is 49.9 Å². The molecule has 2 heterocycles. The second-order valence-corrected chi connectivity index (χ2v) is 6.46. The van der Waals surface area contributed by atoms with Crippen LogP contribution in [-0.4, -0.2) is 61.0 Å². The molecule has 2 aliphatic rings. The standard InChI is InChI=1S/C18H24N2O3/c1-14-5-7-19(8-6-14)17(21)15-3-2-4-16(13-15)18(22)20-9-11-23-12-10-20/h2-4,13-14H,5-12H2,1H3. The zero-order valence-corrected chi connectivity index (χ0v) is 13.7. The van der Waals surface area contributed by atoms with Gasteiger partial charge in [-0.2, -0.15) is 0 Å². The molecule has 0 spiro atoms. The molecule has 0 aliphatic carbocycles. The van der Waals surface area contributed by atoms with Crippen molar-refractivity contribution >= 4 is 11.8 Å². The molecule has 3 rings (SSSR count). The third-order valence-corrected chi connectivity index (χ3v) is 4.73. The fourth-order valence-electron chi connectivity index (χ4n) is 3.13. The maximum absolute atomic E-state index is 12.6. The summed E-state index contributed by atoms with van der Waals surface area (Å²) >= 11 is 0. The number of piperidine rings is 1. The summed E-state index contributed by atoms with van der Waals surface area (Å²) in [6.45, 7) is 6.22. The highest BCUT2D eigenvalue weighted by Gasteiger charge is 2.23. The van der Waals surface area contributed by atoms with Crippen molar-refractivity contribution in [2.75, 3.05) is 39.4 Å². The van der Waals surface area contributed by atoms with E-state index in [1.807, 2.05) is 4.90 Å².